The number of nitrogens with one attached hydrogen (secondary N) is 1. The number of aromatic nitrogens is 2. The first-order chi connectivity index (χ1) is 11.7. The molecule has 5 nitrogen and oxygen atoms in total. The van der Waals surface area contributed by atoms with Crippen LogP contribution in [-0.4, -0.2) is 46.0 Å². The molecule has 26 heavy (non-hydrogen) atoms. The molecule has 2 aromatic carbocycles. The van der Waals surface area contributed by atoms with Gasteiger partial charge in [-0.1, -0.05) is 12.1 Å². The van der Waals surface area contributed by atoms with Crippen LogP contribution in [0.2, 0.25) is 0 Å². The van der Waals surface area contributed by atoms with Gasteiger partial charge in [0.1, 0.15) is 6.33 Å². The van der Waals surface area contributed by atoms with E-state index in [0.717, 1.165) is 41.9 Å². The minimum absolute atomic E-state index is 0. The zero-order valence-electron chi connectivity index (χ0n) is 14.5. The minimum atomic E-state index is 0. The summed E-state index contributed by atoms with van der Waals surface area (Å²) in [6, 6.07) is 16.1. The number of carbonyl (C=O) groups is 1. The van der Waals surface area contributed by atoms with Gasteiger partial charge in [0.2, 0.25) is 0 Å². The highest BCUT2D eigenvalue weighted by atomic mass is 35.5. The van der Waals surface area contributed by atoms with E-state index in [1.807, 2.05) is 64.3 Å². The molecule has 1 amide bonds. The fourth-order valence-corrected chi connectivity index (χ4v) is 3.23. The average molecular weight is 393 g/mol. The Morgan fingerprint density at radius 1 is 1.12 bits per heavy atom. The highest BCUT2D eigenvalue weighted by Crippen LogP contribution is 2.19. The van der Waals surface area contributed by atoms with Crippen molar-refractivity contribution < 1.29 is 4.79 Å². The zero-order valence-corrected chi connectivity index (χ0v) is 16.1. The van der Waals surface area contributed by atoms with Crippen molar-refractivity contribution in [2.45, 2.75) is 13.0 Å². The van der Waals surface area contributed by atoms with Gasteiger partial charge in [-0.05, 0) is 43.3 Å². The lowest BCUT2D eigenvalue weighted by Gasteiger charge is -2.32. The van der Waals surface area contributed by atoms with Crippen molar-refractivity contribution >= 4 is 41.8 Å². The molecule has 0 saturated carbocycles. The van der Waals surface area contributed by atoms with Crippen LogP contribution >= 0.6 is 24.8 Å². The molecule has 1 atom stereocenters. The molecule has 1 saturated heterocycles. The van der Waals surface area contributed by atoms with E-state index >= 15 is 0 Å². The largest absolute Gasteiger partial charge is 0.336 e. The van der Waals surface area contributed by atoms with Crippen LogP contribution in [0.5, 0.6) is 0 Å². The molecule has 2 heterocycles. The number of fused-ring (bicyclic) bond motifs is 1. The molecule has 1 aliphatic heterocycles. The first-order valence-corrected chi connectivity index (χ1v) is 8.27. The summed E-state index contributed by atoms with van der Waals surface area (Å²) in [6.07, 6.45) is 1.82. The van der Waals surface area contributed by atoms with Crippen LogP contribution in [0, 0.1) is 0 Å². The maximum Gasteiger partial charge on any atom is 0.253 e. The predicted molar refractivity (Wildman–Crippen MR) is 109 cm³/mol. The summed E-state index contributed by atoms with van der Waals surface area (Å²) in [5, 5.41) is 3.36. The highest BCUT2D eigenvalue weighted by Gasteiger charge is 2.21. The molecule has 3 aromatic rings. The number of amides is 1. The Bertz CT molecular complexity index is 879. The van der Waals surface area contributed by atoms with Gasteiger partial charge in [-0.15, -0.1) is 24.8 Å². The summed E-state index contributed by atoms with van der Waals surface area (Å²) in [7, 11) is 0. The van der Waals surface area contributed by atoms with Gasteiger partial charge in [-0.25, -0.2) is 4.98 Å². The van der Waals surface area contributed by atoms with Crippen molar-refractivity contribution in [2.75, 3.05) is 19.6 Å². The van der Waals surface area contributed by atoms with E-state index in [4.69, 9.17) is 0 Å². The summed E-state index contributed by atoms with van der Waals surface area (Å²) in [6.45, 7) is 4.47. The van der Waals surface area contributed by atoms with Gasteiger partial charge in [0.25, 0.3) is 5.91 Å². The maximum atomic E-state index is 12.6. The molecule has 1 N–H and O–H groups in total. The van der Waals surface area contributed by atoms with E-state index in [-0.39, 0.29) is 30.7 Å². The van der Waals surface area contributed by atoms with E-state index in [2.05, 4.69) is 17.2 Å². The Balaban J connectivity index is 0.00000121. The Morgan fingerprint density at radius 3 is 2.58 bits per heavy atom. The second-order valence-electron chi connectivity index (χ2n) is 6.26. The number of nitrogens with zero attached hydrogens (tertiary/aromatic N) is 3. The lowest BCUT2D eigenvalue weighted by Crippen LogP contribution is -2.51. The van der Waals surface area contributed by atoms with Gasteiger partial charge in [0.15, 0.2) is 0 Å². The summed E-state index contributed by atoms with van der Waals surface area (Å²) >= 11 is 0. The summed E-state index contributed by atoms with van der Waals surface area (Å²) in [5.74, 6) is 0.102. The molecule has 0 radical (unpaired) electrons. The molecule has 1 aromatic heterocycles. The van der Waals surface area contributed by atoms with Crippen molar-refractivity contribution in [1.29, 1.82) is 0 Å². The number of halogens is 2. The van der Waals surface area contributed by atoms with Crippen molar-refractivity contribution in [3.8, 4) is 5.69 Å². The Kier molecular flexibility index (Phi) is 6.64. The maximum absolute atomic E-state index is 12.6. The molecule has 138 valence electrons. The van der Waals surface area contributed by atoms with Crippen LogP contribution in [-0.2, 0) is 0 Å². The standard InChI is InChI=1S/C19H20N4O.2ClH/c1-14-12-22(11-10-20-14)19(24)15-6-8-16(9-7-15)23-13-21-17-4-2-3-5-18(17)23;;/h2-9,13-14,20H,10-12H2,1H3;2*1H. The number of carbonyl (C=O) groups excluding carboxylic acids is 1. The number of benzene rings is 2. The second kappa shape index (κ2) is 8.54. The number of imidazole rings is 1. The van der Waals surface area contributed by atoms with Crippen molar-refractivity contribution in [3.63, 3.8) is 0 Å². The molecule has 0 spiro atoms. The quantitative estimate of drug-likeness (QED) is 0.727. The Hall–Kier alpha value is -2.08. The molecule has 1 unspecified atom stereocenters. The Morgan fingerprint density at radius 2 is 1.85 bits per heavy atom. The van der Waals surface area contributed by atoms with Crippen LogP contribution in [0.4, 0.5) is 0 Å². The number of hydrogen-bond donors (Lipinski definition) is 1. The molecular formula is C19H22Cl2N4O. The normalized spacial score (nSPS) is 16.7. The predicted octanol–water partition coefficient (Wildman–Crippen LogP) is 3.30. The average Bonchev–Trinajstić information content (AvgIpc) is 3.05. The third-order valence-corrected chi connectivity index (χ3v) is 4.50. The van der Waals surface area contributed by atoms with Crippen molar-refractivity contribution in [1.82, 2.24) is 19.8 Å². The molecular weight excluding hydrogens is 371 g/mol. The van der Waals surface area contributed by atoms with Gasteiger partial charge >= 0.3 is 0 Å². The van der Waals surface area contributed by atoms with Crippen LogP contribution in [0.3, 0.4) is 0 Å². The van der Waals surface area contributed by atoms with Crippen LogP contribution < -0.4 is 5.32 Å². The van der Waals surface area contributed by atoms with E-state index < -0.39 is 0 Å². The molecule has 1 fully saturated rings. The van der Waals surface area contributed by atoms with Gasteiger partial charge in [-0.3, -0.25) is 9.36 Å². The Labute approximate surface area is 165 Å². The third kappa shape index (κ3) is 3.85. The van der Waals surface area contributed by atoms with Crippen LogP contribution in [0.15, 0.2) is 54.9 Å². The number of hydrogen-bond acceptors (Lipinski definition) is 3. The molecule has 7 heteroatoms. The molecule has 1 aliphatic rings. The highest BCUT2D eigenvalue weighted by molar-refractivity contribution is 5.94. The second-order valence-corrected chi connectivity index (χ2v) is 6.26. The number of para-hydroxylation sites is 2. The van der Waals surface area contributed by atoms with Gasteiger partial charge in [0.05, 0.1) is 11.0 Å². The summed E-state index contributed by atoms with van der Waals surface area (Å²) < 4.78 is 2.04. The summed E-state index contributed by atoms with van der Waals surface area (Å²) in [4.78, 5) is 19.0. The van der Waals surface area contributed by atoms with Gasteiger partial charge < -0.3 is 10.2 Å². The smallest absolute Gasteiger partial charge is 0.253 e. The topological polar surface area (TPSA) is 50.2 Å². The summed E-state index contributed by atoms with van der Waals surface area (Å²) in [5.41, 5.74) is 3.77. The zero-order chi connectivity index (χ0) is 16.5. The first-order valence-electron chi connectivity index (χ1n) is 8.27. The SMILES string of the molecule is CC1CN(C(=O)c2ccc(-n3cnc4ccccc43)cc2)CCN1.Cl.Cl. The molecule has 4 rings (SSSR count). The van der Waals surface area contributed by atoms with Gasteiger partial charge in [-0.2, -0.15) is 0 Å². The number of rotatable bonds is 2. The lowest BCUT2D eigenvalue weighted by molar-refractivity contribution is 0.0709. The first kappa shape index (κ1) is 20.2. The molecule has 0 aliphatic carbocycles. The lowest BCUT2D eigenvalue weighted by atomic mass is 10.1. The van der Waals surface area contributed by atoms with Crippen LogP contribution in [0.1, 0.15) is 17.3 Å². The third-order valence-electron chi connectivity index (χ3n) is 4.50. The van der Waals surface area contributed by atoms with Gasteiger partial charge in [0, 0.05) is 36.9 Å². The minimum Gasteiger partial charge on any atom is -0.336 e. The molecule has 0 bridgehead atoms. The fraction of sp³-hybridized carbons (Fsp3) is 0.263. The van der Waals surface area contributed by atoms with Crippen molar-refractivity contribution in [3.05, 3.63) is 60.4 Å². The van der Waals surface area contributed by atoms with E-state index in [1.54, 1.807) is 0 Å². The van der Waals surface area contributed by atoms with E-state index in [0.29, 0.717) is 6.04 Å². The van der Waals surface area contributed by atoms with Crippen molar-refractivity contribution in [2.24, 2.45) is 0 Å². The van der Waals surface area contributed by atoms with E-state index in [9.17, 15) is 4.79 Å². The van der Waals surface area contributed by atoms with E-state index in [1.165, 1.54) is 0 Å². The fourth-order valence-electron chi connectivity index (χ4n) is 3.23. The van der Waals surface area contributed by atoms with Crippen LogP contribution in [0.25, 0.3) is 16.7 Å². The number of piperazine rings is 1. The monoisotopic (exact) mass is 392 g/mol.